The number of aliphatic hydroxyl groups excluding tert-OH is 1. The van der Waals surface area contributed by atoms with Crippen LogP contribution in [0.4, 0.5) is 0 Å². The molecular formula is C17H16N2O3S. The number of aromatic amines is 1. The van der Waals surface area contributed by atoms with Crippen LogP contribution in [0.1, 0.15) is 15.9 Å². The lowest BCUT2D eigenvalue weighted by Crippen LogP contribution is -2.33. The van der Waals surface area contributed by atoms with Crippen molar-refractivity contribution >= 4 is 29.2 Å². The van der Waals surface area contributed by atoms with E-state index in [1.165, 1.54) is 0 Å². The maximum atomic E-state index is 12.7. The predicted octanol–water partition coefficient (Wildman–Crippen LogP) is 3.13. The summed E-state index contributed by atoms with van der Waals surface area (Å²) in [4.78, 5) is 17.5. The molecule has 2 aromatic carbocycles. The van der Waals surface area contributed by atoms with Crippen LogP contribution in [0.25, 0.3) is 11.1 Å². The van der Waals surface area contributed by atoms with Gasteiger partial charge in [0.2, 0.25) is 0 Å². The van der Waals surface area contributed by atoms with Crippen LogP contribution in [0.3, 0.4) is 0 Å². The quantitative estimate of drug-likeness (QED) is 0.706. The minimum atomic E-state index is -0.160. The Morgan fingerprint density at radius 2 is 2.00 bits per heavy atom. The molecule has 118 valence electrons. The van der Waals surface area contributed by atoms with Gasteiger partial charge < -0.3 is 19.4 Å². The van der Waals surface area contributed by atoms with E-state index in [1.54, 1.807) is 23.1 Å². The van der Waals surface area contributed by atoms with Gasteiger partial charge in [-0.05, 0) is 36.0 Å². The molecule has 1 aromatic heterocycles. The van der Waals surface area contributed by atoms with E-state index < -0.39 is 0 Å². The number of rotatable bonds is 5. The number of amides is 1. The summed E-state index contributed by atoms with van der Waals surface area (Å²) in [6.07, 6.45) is 0. The smallest absolute Gasteiger partial charge is 0.266 e. The monoisotopic (exact) mass is 328 g/mol. The summed E-state index contributed by atoms with van der Waals surface area (Å²) in [5.41, 5.74) is 2.81. The van der Waals surface area contributed by atoms with Gasteiger partial charge in [-0.1, -0.05) is 30.3 Å². The van der Waals surface area contributed by atoms with Crippen LogP contribution in [-0.2, 0) is 6.54 Å². The maximum Gasteiger partial charge on any atom is 0.266 e. The lowest BCUT2D eigenvalue weighted by atomic mass is 10.1. The maximum absolute atomic E-state index is 12.7. The third-order valence-electron chi connectivity index (χ3n) is 3.54. The van der Waals surface area contributed by atoms with Crippen molar-refractivity contribution in [3.63, 3.8) is 0 Å². The van der Waals surface area contributed by atoms with Crippen molar-refractivity contribution < 1.29 is 14.3 Å². The first-order chi connectivity index (χ1) is 11.2. The van der Waals surface area contributed by atoms with Crippen LogP contribution < -0.4 is 0 Å². The zero-order chi connectivity index (χ0) is 16.2. The molecule has 0 aliphatic rings. The second-order valence-electron chi connectivity index (χ2n) is 5.16. The van der Waals surface area contributed by atoms with Gasteiger partial charge in [-0.3, -0.25) is 4.79 Å². The van der Waals surface area contributed by atoms with Crippen molar-refractivity contribution in [1.82, 2.24) is 9.88 Å². The van der Waals surface area contributed by atoms with Crippen molar-refractivity contribution in [1.29, 1.82) is 0 Å². The number of carbonyl (C=O) groups is 1. The number of aliphatic hydroxyl groups is 1. The van der Waals surface area contributed by atoms with Gasteiger partial charge in [-0.2, -0.15) is 0 Å². The number of benzene rings is 2. The second-order valence-corrected chi connectivity index (χ2v) is 5.53. The van der Waals surface area contributed by atoms with E-state index >= 15 is 0 Å². The molecule has 3 rings (SSSR count). The zero-order valence-electron chi connectivity index (χ0n) is 12.4. The molecule has 1 heterocycles. The fourth-order valence-corrected chi connectivity index (χ4v) is 2.64. The molecule has 0 radical (unpaired) electrons. The van der Waals surface area contributed by atoms with Crippen LogP contribution in [0, 0.1) is 4.84 Å². The molecule has 0 saturated carbocycles. The highest BCUT2D eigenvalue weighted by molar-refractivity contribution is 7.71. The van der Waals surface area contributed by atoms with E-state index in [-0.39, 0.29) is 23.9 Å². The first kappa shape index (κ1) is 15.5. The summed E-state index contributed by atoms with van der Waals surface area (Å²) in [6.45, 7) is 0.614. The number of carbonyl (C=O) groups excluding carboxylic acids is 1. The van der Waals surface area contributed by atoms with E-state index in [2.05, 4.69) is 4.98 Å². The first-order valence-electron chi connectivity index (χ1n) is 7.24. The van der Waals surface area contributed by atoms with Gasteiger partial charge in [0.25, 0.3) is 10.7 Å². The van der Waals surface area contributed by atoms with E-state index in [0.29, 0.717) is 17.7 Å². The number of nitrogens with one attached hydrogen (secondary N) is 1. The largest absolute Gasteiger partial charge is 0.429 e. The Kier molecular flexibility index (Phi) is 4.55. The van der Waals surface area contributed by atoms with E-state index in [9.17, 15) is 9.90 Å². The van der Waals surface area contributed by atoms with E-state index in [0.717, 1.165) is 11.1 Å². The molecule has 0 atom stereocenters. The Morgan fingerprint density at radius 3 is 2.74 bits per heavy atom. The average molecular weight is 328 g/mol. The summed E-state index contributed by atoms with van der Waals surface area (Å²) in [6, 6.07) is 14.8. The molecule has 0 unspecified atom stereocenters. The highest BCUT2D eigenvalue weighted by Gasteiger charge is 2.17. The summed E-state index contributed by atoms with van der Waals surface area (Å²) >= 11 is 4.95. The Labute approximate surface area is 138 Å². The zero-order valence-corrected chi connectivity index (χ0v) is 13.2. The molecule has 0 aliphatic heterocycles. The highest BCUT2D eigenvalue weighted by Crippen LogP contribution is 2.17. The van der Waals surface area contributed by atoms with Crippen LogP contribution in [0.2, 0.25) is 0 Å². The molecular weight excluding hydrogens is 312 g/mol. The third kappa shape index (κ3) is 3.49. The molecule has 23 heavy (non-hydrogen) atoms. The van der Waals surface area contributed by atoms with Gasteiger partial charge in [-0.25, -0.2) is 0 Å². The van der Waals surface area contributed by atoms with Gasteiger partial charge in [0, 0.05) is 18.7 Å². The van der Waals surface area contributed by atoms with Gasteiger partial charge in [-0.15, -0.1) is 0 Å². The summed E-state index contributed by atoms with van der Waals surface area (Å²) in [5.74, 6) is -0.160. The Balaban J connectivity index is 1.88. The van der Waals surface area contributed by atoms with Crippen molar-refractivity contribution in [3.05, 3.63) is 64.5 Å². The normalized spacial score (nSPS) is 10.8. The van der Waals surface area contributed by atoms with Crippen molar-refractivity contribution in [3.8, 4) is 0 Å². The number of hydrogen-bond acceptors (Lipinski definition) is 4. The molecule has 0 fully saturated rings. The van der Waals surface area contributed by atoms with Crippen molar-refractivity contribution in [2.24, 2.45) is 0 Å². The fourth-order valence-electron chi connectivity index (χ4n) is 2.44. The number of aromatic nitrogens is 1. The van der Waals surface area contributed by atoms with Crippen molar-refractivity contribution in [2.75, 3.05) is 13.2 Å². The van der Waals surface area contributed by atoms with Crippen LogP contribution in [0.15, 0.2) is 52.9 Å². The standard InChI is InChI=1S/C17H16N2O3S/c20-9-8-19(11-12-4-2-1-3-5-12)16(21)13-6-7-14-15(10-13)22-17(23)18-14/h1-7,10,20H,8-9,11H2,(H,18,23). The lowest BCUT2D eigenvalue weighted by molar-refractivity contribution is 0.0708. The second kappa shape index (κ2) is 6.76. The van der Waals surface area contributed by atoms with Gasteiger partial charge in [0.05, 0.1) is 12.1 Å². The molecule has 0 spiro atoms. The summed E-state index contributed by atoms with van der Waals surface area (Å²) < 4.78 is 5.36. The summed E-state index contributed by atoms with van der Waals surface area (Å²) in [5, 5.41) is 9.25. The predicted molar refractivity (Wildman–Crippen MR) is 89.7 cm³/mol. The Morgan fingerprint density at radius 1 is 1.22 bits per heavy atom. The van der Waals surface area contributed by atoms with Crippen molar-refractivity contribution in [2.45, 2.75) is 6.54 Å². The number of oxazole rings is 1. The van der Waals surface area contributed by atoms with Gasteiger partial charge in [0.15, 0.2) is 5.58 Å². The minimum absolute atomic E-state index is 0.0916. The lowest BCUT2D eigenvalue weighted by Gasteiger charge is -2.22. The van der Waals surface area contributed by atoms with Crippen LogP contribution in [-0.4, -0.2) is 34.0 Å². The molecule has 5 nitrogen and oxygen atoms in total. The Hall–Kier alpha value is -2.44. The van der Waals surface area contributed by atoms with Gasteiger partial charge >= 0.3 is 0 Å². The Bertz CT molecular complexity index is 870. The number of H-pyrrole nitrogens is 1. The number of hydrogen-bond donors (Lipinski definition) is 2. The number of nitrogens with zero attached hydrogens (tertiary/aromatic N) is 1. The highest BCUT2D eigenvalue weighted by atomic mass is 32.1. The topological polar surface area (TPSA) is 69.5 Å². The molecule has 0 bridgehead atoms. The summed E-state index contributed by atoms with van der Waals surface area (Å²) in [7, 11) is 0. The van der Waals surface area contributed by atoms with Crippen LogP contribution in [0.5, 0.6) is 0 Å². The molecule has 0 aliphatic carbocycles. The van der Waals surface area contributed by atoms with E-state index in [1.807, 2.05) is 30.3 Å². The average Bonchev–Trinajstić information content (AvgIpc) is 2.94. The van der Waals surface area contributed by atoms with Gasteiger partial charge in [0.1, 0.15) is 0 Å². The molecule has 6 heteroatoms. The first-order valence-corrected chi connectivity index (χ1v) is 7.65. The SMILES string of the molecule is O=C(c1ccc2[nH]c(=S)oc2c1)N(CCO)Cc1ccccc1. The number of fused-ring (bicyclic) bond motifs is 1. The molecule has 2 N–H and O–H groups in total. The fraction of sp³-hybridized carbons (Fsp3) is 0.176. The third-order valence-corrected chi connectivity index (χ3v) is 3.73. The van der Waals surface area contributed by atoms with Crippen LogP contribution >= 0.6 is 12.2 Å². The minimum Gasteiger partial charge on any atom is -0.429 e. The molecule has 1 amide bonds. The van der Waals surface area contributed by atoms with E-state index in [4.69, 9.17) is 16.6 Å². The molecule has 3 aromatic rings. The molecule has 0 saturated heterocycles.